The molecule has 20 heavy (non-hydrogen) atoms. The standard InChI is InChI=1S/C15H13ClFNOS/c1-20-13-4-2-3-12(9-13)18-15(19)7-10-5-6-11(16)8-14(10)17/h2-6,8-9H,7H2,1H3,(H,18,19). The van der Waals surface area contributed by atoms with Gasteiger partial charge in [0.2, 0.25) is 5.91 Å². The third kappa shape index (κ3) is 3.99. The largest absolute Gasteiger partial charge is 0.326 e. The molecular formula is C15H13ClFNOS. The van der Waals surface area contributed by atoms with Gasteiger partial charge in [0.25, 0.3) is 0 Å². The van der Waals surface area contributed by atoms with Crippen LogP contribution < -0.4 is 5.32 Å². The molecule has 104 valence electrons. The van der Waals surface area contributed by atoms with E-state index in [0.717, 1.165) is 4.90 Å². The Bertz CT molecular complexity index is 633. The highest BCUT2D eigenvalue weighted by atomic mass is 35.5. The summed E-state index contributed by atoms with van der Waals surface area (Å²) in [6.45, 7) is 0. The molecule has 5 heteroatoms. The van der Waals surface area contributed by atoms with E-state index >= 15 is 0 Å². The maximum Gasteiger partial charge on any atom is 0.228 e. The highest BCUT2D eigenvalue weighted by Gasteiger charge is 2.09. The van der Waals surface area contributed by atoms with Crippen LogP contribution in [0.5, 0.6) is 0 Å². The summed E-state index contributed by atoms with van der Waals surface area (Å²) in [7, 11) is 0. The monoisotopic (exact) mass is 309 g/mol. The predicted octanol–water partition coefficient (Wildman–Crippen LogP) is 4.38. The molecule has 0 fully saturated rings. The average Bonchev–Trinajstić information content (AvgIpc) is 2.42. The van der Waals surface area contributed by atoms with Gasteiger partial charge in [-0.1, -0.05) is 23.7 Å². The second kappa shape index (κ2) is 6.77. The van der Waals surface area contributed by atoms with Crippen LogP contribution in [-0.2, 0) is 11.2 Å². The number of amides is 1. The quantitative estimate of drug-likeness (QED) is 0.849. The van der Waals surface area contributed by atoms with Gasteiger partial charge >= 0.3 is 0 Å². The van der Waals surface area contributed by atoms with Crippen LogP contribution in [0.15, 0.2) is 47.4 Å². The Balaban J connectivity index is 2.05. The van der Waals surface area contributed by atoms with Crippen molar-refractivity contribution in [3.8, 4) is 0 Å². The van der Waals surface area contributed by atoms with Crippen LogP contribution in [0.4, 0.5) is 10.1 Å². The molecule has 1 amide bonds. The van der Waals surface area contributed by atoms with E-state index in [1.807, 2.05) is 24.5 Å². The van der Waals surface area contributed by atoms with Gasteiger partial charge in [0.15, 0.2) is 0 Å². The summed E-state index contributed by atoms with van der Waals surface area (Å²) in [4.78, 5) is 13.0. The zero-order valence-electron chi connectivity index (χ0n) is 10.8. The number of nitrogens with one attached hydrogen (secondary N) is 1. The summed E-state index contributed by atoms with van der Waals surface area (Å²) in [6, 6.07) is 11.8. The Hall–Kier alpha value is -1.52. The minimum atomic E-state index is -0.467. The van der Waals surface area contributed by atoms with Crippen LogP contribution in [-0.4, -0.2) is 12.2 Å². The molecule has 0 bridgehead atoms. The Kier molecular flexibility index (Phi) is 5.04. The first-order valence-corrected chi connectivity index (χ1v) is 7.56. The van der Waals surface area contributed by atoms with Gasteiger partial charge < -0.3 is 5.32 Å². The zero-order chi connectivity index (χ0) is 14.5. The van der Waals surface area contributed by atoms with Crippen molar-refractivity contribution in [2.75, 3.05) is 11.6 Å². The molecule has 0 radical (unpaired) electrons. The van der Waals surface area contributed by atoms with Crippen molar-refractivity contribution in [3.63, 3.8) is 0 Å². The van der Waals surface area contributed by atoms with Gasteiger partial charge in [0.1, 0.15) is 5.82 Å². The fourth-order valence-electron chi connectivity index (χ4n) is 1.74. The van der Waals surface area contributed by atoms with Crippen LogP contribution >= 0.6 is 23.4 Å². The molecule has 0 heterocycles. The summed E-state index contributed by atoms with van der Waals surface area (Å²) < 4.78 is 13.6. The summed E-state index contributed by atoms with van der Waals surface area (Å²) in [5.74, 6) is -0.727. The maximum atomic E-state index is 13.6. The molecule has 1 N–H and O–H groups in total. The van der Waals surface area contributed by atoms with Gasteiger partial charge in [0, 0.05) is 15.6 Å². The molecule has 0 spiro atoms. The van der Waals surface area contributed by atoms with Gasteiger partial charge in [-0.3, -0.25) is 4.79 Å². The fourth-order valence-corrected chi connectivity index (χ4v) is 2.36. The van der Waals surface area contributed by atoms with Crippen molar-refractivity contribution in [1.29, 1.82) is 0 Å². The van der Waals surface area contributed by atoms with Crippen molar-refractivity contribution in [2.45, 2.75) is 11.3 Å². The van der Waals surface area contributed by atoms with Crippen LogP contribution in [0.3, 0.4) is 0 Å². The molecule has 0 atom stereocenters. The Morgan fingerprint density at radius 1 is 1.30 bits per heavy atom. The lowest BCUT2D eigenvalue weighted by Gasteiger charge is -2.07. The topological polar surface area (TPSA) is 29.1 Å². The number of thioether (sulfide) groups is 1. The molecule has 0 unspecified atom stereocenters. The second-order valence-electron chi connectivity index (χ2n) is 4.19. The Morgan fingerprint density at radius 2 is 2.10 bits per heavy atom. The maximum absolute atomic E-state index is 13.6. The number of carbonyl (C=O) groups excluding carboxylic acids is 1. The predicted molar refractivity (Wildman–Crippen MR) is 82.0 cm³/mol. The molecule has 0 saturated carbocycles. The van der Waals surface area contributed by atoms with Crippen LogP contribution in [0.2, 0.25) is 5.02 Å². The number of halogens is 2. The van der Waals surface area contributed by atoms with Gasteiger partial charge in [-0.25, -0.2) is 4.39 Å². The van der Waals surface area contributed by atoms with Gasteiger partial charge in [0.05, 0.1) is 6.42 Å². The number of hydrogen-bond acceptors (Lipinski definition) is 2. The van der Waals surface area contributed by atoms with E-state index in [4.69, 9.17) is 11.6 Å². The first-order chi connectivity index (χ1) is 9.58. The molecule has 0 saturated heterocycles. The number of carbonyl (C=O) groups is 1. The van der Waals surface area contributed by atoms with E-state index in [1.165, 1.54) is 12.1 Å². The van der Waals surface area contributed by atoms with E-state index in [2.05, 4.69) is 5.32 Å². The van der Waals surface area contributed by atoms with Crippen LogP contribution in [0.1, 0.15) is 5.56 Å². The molecule has 2 rings (SSSR count). The number of rotatable bonds is 4. The third-order valence-electron chi connectivity index (χ3n) is 2.72. The highest BCUT2D eigenvalue weighted by Crippen LogP contribution is 2.20. The van der Waals surface area contributed by atoms with Crippen molar-refractivity contribution < 1.29 is 9.18 Å². The molecule has 0 aliphatic carbocycles. The molecule has 0 aliphatic heterocycles. The molecular weight excluding hydrogens is 297 g/mol. The normalized spacial score (nSPS) is 10.3. The van der Waals surface area contributed by atoms with E-state index in [1.54, 1.807) is 23.9 Å². The first kappa shape index (κ1) is 14.9. The minimum absolute atomic E-state index is 0.0213. The van der Waals surface area contributed by atoms with Crippen molar-refractivity contribution >= 4 is 35.0 Å². The van der Waals surface area contributed by atoms with Gasteiger partial charge in [-0.2, -0.15) is 0 Å². The fraction of sp³-hybridized carbons (Fsp3) is 0.133. The summed E-state index contributed by atoms with van der Waals surface area (Å²) in [5.41, 5.74) is 1.03. The summed E-state index contributed by atoms with van der Waals surface area (Å²) >= 11 is 7.27. The van der Waals surface area contributed by atoms with E-state index in [9.17, 15) is 9.18 Å². The Labute approximate surface area is 126 Å². The third-order valence-corrected chi connectivity index (χ3v) is 3.68. The molecule has 2 aromatic rings. The lowest BCUT2D eigenvalue weighted by molar-refractivity contribution is -0.115. The number of benzene rings is 2. The molecule has 0 aliphatic rings. The lowest BCUT2D eigenvalue weighted by Crippen LogP contribution is -2.15. The Morgan fingerprint density at radius 3 is 2.80 bits per heavy atom. The van der Waals surface area contributed by atoms with E-state index < -0.39 is 5.82 Å². The molecule has 2 aromatic carbocycles. The van der Waals surface area contributed by atoms with Gasteiger partial charge in [-0.05, 0) is 42.2 Å². The number of anilines is 1. The van der Waals surface area contributed by atoms with Crippen LogP contribution in [0, 0.1) is 5.82 Å². The smallest absolute Gasteiger partial charge is 0.228 e. The first-order valence-electron chi connectivity index (χ1n) is 5.96. The van der Waals surface area contributed by atoms with Crippen molar-refractivity contribution in [3.05, 3.63) is 58.9 Å². The lowest BCUT2D eigenvalue weighted by atomic mass is 10.1. The number of hydrogen-bond donors (Lipinski definition) is 1. The SMILES string of the molecule is CSc1cccc(NC(=O)Cc2ccc(Cl)cc2F)c1. The van der Waals surface area contributed by atoms with Crippen LogP contribution in [0.25, 0.3) is 0 Å². The van der Waals surface area contributed by atoms with Crippen molar-refractivity contribution in [2.24, 2.45) is 0 Å². The van der Waals surface area contributed by atoms with Crippen molar-refractivity contribution in [1.82, 2.24) is 0 Å². The summed E-state index contributed by atoms with van der Waals surface area (Å²) in [5, 5.41) is 3.07. The molecule has 0 aromatic heterocycles. The zero-order valence-corrected chi connectivity index (χ0v) is 12.4. The van der Waals surface area contributed by atoms with E-state index in [-0.39, 0.29) is 12.3 Å². The minimum Gasteiger partial charge on any atom is -0.326 e. The average molecular weight is 310 g/mol. The van der Waals surface area contributed by atoms with E-state index in [0.29, 0.717) is 16.3 Å². The molecule has 2 nitrogen and oxygen atoms in total. The summed E-state index contributed by atoms with van der Waals surface area (Å²) in [6.07, 6.45) is 1.94. The van der Waals surface area contributed by atoms with Gasteiger partial charge in [-0.15, -0.1) is 11.8 Å². The highest BCUT2D eigenvalue weighted by molar-refractivity contribution is 7.98. The second-order valence-corrected chi connectivity index (χ2v) is 5.51.